The number of imidazole rings is 1. The van der Waals surface area contributed by atoms with Crippen LogP contribution < -0.4 is 4.74 Å². The van der Waals surface area contributed by atoms with Crippen molar-refractivity contribution in [1.82, 2.24) is 19.5 Å². The quantitative estimate of drug-likeness (QED) is 0.384. The number of ether oxygens (including phenoxy) is 3. The fourth-order valence-electron chi connectivity index (χ4n) is 5.42. The van der Waals surface area contributed by atoms with Gasteiger partial charge in [-0.05, 0) is 17.7 Å². The van der Waals surface area contributed by atoms with Gasteiger partial charge in [-0.2, -0.15) is 0 Å². The Kier molecular flexibility index (Phi) is 5.24. The molecule has 1 fully saturated rings. The van der Waals surface area contributed by atoms with E-state index >= 15 is 0 Å². The molecule has 0 radical (unpaired) electrons. The van der Waals surface area contributed by atoms with Gasteiger partial charge in [-0.1, -0.05) is 66.7 Å². The molecule has 2 aromatic heterocycles. The third-order valence-corrected chi connectivity index (χ3v) is 7.15. The summed E-state index contributed by atoms with van der Waals surface area (Å²) >= 11 is 0. The van der Waals surface area contributed by atoms with E-state index in [1.54, 1.807) is 12.5 Å². The molecule has 5 aromatic rings. The Morgan fingerprint density at radius 1 is 0.919 bits per heavy atom. The first-order chi connectivity index (χ1) is 18.2. The topological polar surface area (TPSA) is 91.5 Å². The molecule has 1 saturated heterocycles. The third kappa shape index (κ3) is 3.53. The molecule has 0 amide bonds. The summed E-state index contributed by atoms with van der Waals surface area (Å²) in [6.45, 7) is 0.164. The lowest BCUT2D eigenvalue weighted by Gasteiger charge is -2.41. The van der Waals surface area contributed by atoms with E-state index in [0.29, 0.717) is 17.6 Å². The first-order valence-corrected chi connectivity index (χ1v) is 12.3. The van der Waals surface area contributed by atoms with Crippen molar-refractivity contribution in [1.29, 1.82) is 0 Å². The Bertz CT molecular complexity index is 1530. The second-order valence-corrected chi connectivity index (χ2v) is 9.27. The zero-order valence-corrected chi connectivity index (χ0v) is 19.8. The first kappa shape index (κ1) is 22.1. The number of nitrogens with zero attached hydrogens (tertiary/aromatic N) is 4. The Hall–Kier alpha value is -4.11. The van der Waals surface area contributed by atoms with Crippen LogP contribution in [-0.4, -0.2) is 43.4 Å². The van der Waals surface area contributed by atoms with Crippen LogP contribution in [0.4, 0.5) is 0 Å². The maximum Gasteiger partial charge on any atom is 0.165 e. The van der Waals surface area contributed by atoms with Crippen LogP contribution in [0.25, 0.3) is 11.2 Å². The number of aliphatic hydroxyl groups is 1. The Morgan fingerprint density at radius 2 is 1.62 bits per heavy atom. The van der Waals surface area contributed by atoms with Gasteiger partial charge in [0.1, 0.15) is 35.7 Å². The first-order valence-electron chi connectivity index (χ1n) is 12.3. The number of rotatable bonds is 5. The molecule has 0 saturated carbocycles. The highest BCUT2D eigenvalue weighted by Gasteiger charge is 2.46. The molecule has 0 bridgehead atoms. The van der Waals surface area contributed by atoms with Crippen LogP contribution in [0.2, 0.25) is 0 Å². The number of aromatic nitrogens is 4. The van der Waals surface area contributed by atoms with Gasteiger partial charge in [-0.15, -0.1) is 0 Å². The second kappa shape index (κ2) is 8.77. The fraction of sp³-hybridized carbons (Fsp3) is 0.207. The summed E-state index contributed by atoms with van der Waals surface area (Å²) < 4.78 is 21.3. The normalized spacial score (nSPS) is 21.8. The Labute approximate surface area is 213 Å². The Morgan fingerprint density at radius 3 is 2.38 bits per heavy atom. The van der Waals surface area contributed by atoms with Gasteiger partial charge >= 0.3 is 0 Å². The van der Waals surface area contributed by atoms with Crippen molar-refractivity contribution >= 4 is 11.2 Å². The van der Waals surface area contributed by atoms with Gasteiger partial charge in [0.25, 0.3) is 0 Å². The van der Waals surface area contributed by atoms with Gasteiger partial charge in [0.05, 0.1) is 25.2 Å². The molecule has 4 heterocycles. The number of hydrogen-bond donors (Lipinski definition) is 1. The largest absolute Gasteiger partial charge is 0.457 e. The lowest BCUT2D eigenvalue weighted by molar-refractivity contribution is -0.0948. The summed E-state index contributed by atoms with van der Waals surface area (Å²) in [5.74, 6) is 1.47. The third-order valence-electron chi connectivity index (χ3n) is 7.15. The molecule has 184 valence electrons. The predicted molar refractivity (Wildman–Crippen MR) is 135 cm³/mol. The van der Waals surface area contributed by atoms with Crippen molar-refractivity contribution in [2.24, 2.45) is 0 Å². The van der Waals surface area contributed by atoms with Crippen LogP contribution in [-0.2, 0) is 15.1 Å². The zero-order valence-electron chi connectivity index (χ0n) is 19.8. The van der Waals surface area contributed by atoms with E-state index in [4.69, 9.17) is 14.2 Å². The molecule has 0 unspecified atom stereocenters. The number of aliphatic hydroxyl groups excluding tert-OH is 1. The summed E-state index contributed by atoms with van der Waals surface area (Å²) in [5, 5.41) is 11.0. The number of hydrogen-bond acceptors (Lipinski definition) is 7. The molecule has 2 aliphatic heterocycles. The van der Waals surface area contributed by atoms with Gasteiger partial charge in [0.15, 0.2) is 11.2 Å². The fourth-order valence-corrected chi connectivity index (χ4v) is 5.42. The van der Waals surface area contributed by atoms with Gasteiger partial charge < -0.3 is 19.3 Å². The van der Waals surface area contributed by atoms with Crippen LogP contribution in [0.15, 0.2) is 97.7 Å². The smallest absolute Gasteiger partial charge is 0.165 e. The van der Waals surface area contributed by atoms with Crippen LogP contribution in [0, 0.1) is 0 Å². The molecule has 3 atom stereocenters. The zero-order chi connectivity index (χ0) is 24.8. The molecule has 0 aliphatic carbocycles. The van der Waals surface area contributed by atoms with Gasteiger partial charge in [-0.3, -0.25) is 4.57 Å². The molecule has 8 heteroatoms. The summed E-state index contributed by atoms with van der Waals surface area (Å²) in [6.07, 6.45) is 3.54. The molecule has 8 nitrogen and oxygen atoms in total. The van der Waals surface area contributed by atoms with Gasteiger partial charge in [-0.25, -0.2) is 15.0 Å². The monoisotopic (exact) mass is 492 g/mol. The van der Waals surface area contributed by atoms with Crippen molar-refractivity contribution in [3.05, 3.63) is 114 Å². The summed E-state index contributed by atoms with van der Waals surface area (Å²) in [4.78, 5) is 12.7. The van der Waals surface area contributed by atoms with E-state index in [9.17, 15) is 5.11 Å². The molecule has 3 aromatic carbocycles. The average Bonchev–Trinajstić information content (AvgIpc) is 3.54. The van der Waals surface area contributed by atoms with Crippen LogP contribution >= 0.6 is 0 Å². The molecular weight excluding hydrogens is 468 g/mol. The molecular formula is C29H24N4O4. The van der Waals surface area contributed by atoms with E-state index in [1.807, 2.05) is 71.3 Å². The van der Waals surface area contributed by atoms with Crippen LogP contribution in [0.1, 0.15) is 29.3 Å². The average molecular weight is 493 g/mol. The molecule has 1 N–H and O–H groups in total. The minimum Gasteiger partial charge on any atom is -0.457 e. The predicted octanol–water partition coefficient (Wildman–Crippen LogP) is 4.59. The molecule has 37 heavy (non-hydrogen) atoms. The summed E-state index contributed by atoms with van der Waals surface area (Å²) in [6, 6.07) is 26.0. The number of fused-ring (bicyclic) bond motifs is 3. The summed E-state index contributed by atoms with van der Waals surface area (Å²) in [5.41, 5.74) is 3.19. The van der Waals surface area contributed by atoms with Crippen molar-refractivity contribution in [3.63, 3.8) is 0 Å². The van der Waals surface area contributed by atoms with Crippen molar-refractivity contribution < 1.29 is 19.3 Å². The van der Waals surface area contributed by atoms with E-state index < -0.39 is 24.0 Å². The van der Waals surface area contributed by atoms with Gasteiger partial charge in [0.2, 0.25) is 0 Å². The number of para-hydroxylation sites is 2. The standard InChI is InChI=1S/C29H24N4O4/c34-23-14-27(33-18-32-22-15-30-17-31-28(22)33)37-26(23)16-35-29(19-8-2-1-3-9-19)20-10-4-6-12-24(20)36-25-13-7-5-11-21(25)29/h1-13,15,17-18,23,26-27,34H,14,16H2/t23-,26+,27+/m0/s1. The lowest BCUT2D eigenvalue weighted by atomic mass is 9.77. The summed E-state index contributed by atoms with van der Waals surface area (Å²) in [7, 11) is 0. The van der Waals surface area contributed by atoms with E-state index in [2.05, 4.69) is 27.1 Å². The highest BCUT2D eigenvalue weighted by atomic mass is 16.6. The molecule has 2 aliphatic rings. The highest BCUT2D eigenvalue weighted by Crippen LogP contribution is 2.52. The maximum absolute atomic E-state index is 11.0. The number of benzene rings is 3. The molecule has 0 spiro atoms. The Balaban J connectivity index is 1.26. The molecule has 7 rings (SSSR count). The van der Waals surface area contributed by atoms with Gasteiger partial charge in [0, 0.05) is 17.5 Å². The van der Waals surface area contributed by atoms with Crippen molar-refractivity contribution in [2.45, 2.75) is 30.5 Å². The van der Waals surface area contributed by atoms with E-state index in [0.717, 1.165) is 28.2 Å². The minimum absolute atomic E-state index is 0.164. The second-order valence-electron chi connectivity index (χ2n) is 9.27. The minimum atomic E-state index is -0.942. The highest BCUT2D eigenvalue weighted by molar-refractivity contribution is 5.69. The van der Waals surface area contributed by atoms with E-state index in [-0.39, 0.29) is 6.61 Å². The van der Waals surface area contributed by atoms with Crippen molar-refractivity contribution in [3.8, 4) is 11.5 Å². The lowest BCUT2D eigenvalue weighted by Crippen LogP contribution is -2.39. The SMILES string of the molecule is O[C@H]1C[C@H](n2cnc3cncnc32)O[C@@H]1COC1(c2ccccc2)c2ccccc2Oc2ccccc21. The van der Waals surface area contributed by atoms with Crippen LogP contribution in [0.5, 0.6) is 11.5 Å². The maximum atomic E-state index is 11.0. The van der Waals surface area contributed by atoms with E-state index in [1.165, 1.54) is 6.33 Å². The van der Waals surface area contributed by atoms with Crippen molar-refractivity contribution in [2.75, 3.05) is 6.61 Å². The van der Waals surface area contributed by atoms with Crippen LogP contribution in [0.3, 0.4) is 0 Å².